The number of fused-ring (bicyclic) bond motifs is 1. The Hall–Kier alpha value is -6.52. The number of anilines is 4. The topological polar surface area (TPSA) is 155 Å². The molecule has 3 aromatic carbocycles. The van der Waals surface area contributed by atoms with Crippen molar-refractivity contribution in [2.45, 2.75) is 83.6 Å². The molecule has 5 amide bonds. The van der Waals surface area contributed by atoms with E-state index in [4.69, 9.17) is 17.0 Å². The van der Waals surface area contributed by atoms with Crippen LogP contribution in [0.1, 0.15) is 87.3 Å². The molecule has 5 heterocycles. The number of carbonyl (C=O) groups is 5. The zero-order chi connectivity index (χ0) is 48.1. The standard InChI is InChI=1S/C48H52F3N9O6S/c1-29(2)58-27-40(66-28-61)42-38(57-21-16-41(62)53-45(57)65)22-32(23-39(42)58)43(63)54(5)33-14-17-55(18-15-33)26-30-12-19-56(20-13-30)34-8-10-35(11-9-34)60-46(67)59(44(64)47(60,3)4)36-7-6-31(25-52)37(24-36)48(49,50)51/h6-11,22-24,27-30,33H,12-21,26H2,1-5H3,(H,53,62,65). The van der Waals surface area contributed by atoms with Crippen LogP contribution in [0.5, 0.6) is 5.75 Å². The number of urea groups is 1. The van der Waals surface area contributed by atoms with E-state index < -0.39 is 34.8 Å². The monoisotopic (exact) mass is 939 g/mol. The van der Waals surface area contributed by atoms with E-state index in [-0.39, 0.29) is 53.4 Å². The van der Waals surface area contributed by atoms with Gasteiger partial charge in [-0.25, -0.2) is 4.79 Å². The second kappa shape index (κ2) is 18.3. The fourth-order valence-electron chi connectivity index (χ4n) is 9.90. The molecule has 0 aliphatic carbocycles. The molecule has 4 aliphatic heterocycles. The molecule has 15 nitrogen and oxygen atoms in total. The summed E-state index contributed by atoms with van der Waals surface area (Å²) in [5.74, 6) is -0.330. The van der Waals surface area contributed by atoms with Gasteiger partial charge in [0.2, 0.25) is 5.91 Å². The van der Waals surface area contributed by atoms with Gasteiger partial charge in [-0.05, 0) is 126 Å². The second-order valence-corrected chi connectivity index (χ2v) is 18.8. The van der Waals surface area contributed by atoms with Crippen LogP contribution in [0.3, 0.4) is 0 Å². The number of hydrogen-bond acceptors (Lipinski definition) is 10. The highest BCUT2D eigenvalue weighted by atomic mass is 32.1. The van der Waals surface area contributed by atoms with E-state index in [0.717, 1.165) is 81.1 Å². The lowest BCUT2D eigenvalue weighted by molar-refractivity contribution is -0.137. The number of piperidine rings is 2. The van der Waals surface area contributed by atoms with Gasteiger partial charge in [0.1, 0.15) is 5.54 Å². The molecule has 0 spiro atoms. The number of benzene rings is 3. The van der Waals surface area contributed by atoms with E-state index in [9.17, 15) is 42.4 Å². The number of nitriles is 1. The van der Waals surface area contributed by atoms with Crippen molar-refractivity contribution in [3.63, 3.8) is 0 Å². The van der Waals surface area contributed by atoms with Gasteiger partial charge in [0.05, 0.1) is 39.5 Å². The second-order valence-electron chi connectivity index (χ2n) is 18.4. The highest BCUT2D eigenvalue weighted by Gasteiger charge is 2.51. The number of carbonyl (C=O) groups excluding carboxylic acids is 5. The number of imide groups is 1. The Bertz CT molecular complexity index is 2680. The van der Waals surface area contributed by atoms with Gasteiger partial charge in [-0.1, -0.05) is 0 Å². The van der Waals surface area contributed by atoms with Crippen LogP contribution in [-0.2, 0) is 20.6 Å². The van der Waals surface area contributed by atoms with Gasteiger partial charge < -0.3 is 28.9 Å². The third-order valence-electron chi connectivity index (χ3n) is 13.6. The molecule has 1 N–H and O–H groups in total. The van der Waals surface area contributed by atoms with Crippen molar-refractivity contribution >= 4 is 81.2 Å². The molecule has 19 heteroatoms. The third kappa shape index (κ3) is 8.91. The first-order chi connectivity index (χ1) is 31.8. The number of alkyl halides is 3. The highest BCUT2D eigenvalue weighted by Crippen LogP contribution is 2.42. The summed E-state index contributed by atoms with van der Waals surface area (Å²) in [5, 5.41) is 12.2. The number of halogens is 3. The van der Waals surface area contributed by atoms with Crippen molar-refractivity contribution in [1.29, 1.82) is 5.26 Å². The molecule has 0 radical (unpaired) electrons. The normalized spacial score (nSPS) is 18.8. The first-order valence-electron chi connectivity index (χ1n) is 22.4. The van der Waals surface area contributed by atoms with Crippen molar-refractivity contribution in [2.24, 2.45) is 5.92 Å². The maximum Gasteiger partial charge on any atom is 0.417 e. The van der Waals surface area contributed by atoms with Crippen molar-refractivity contribution < 1.29 is 41.9 Å². The Morgan fingerprint density at radius 1 is 0.970 bits per heavy atom. The molecule has 4 aromatic rings. The number of ether oxygens (including phenoxy) is 1. The molecule has 0 unspecified atom stereocenters. The number of nitrogens with zero attached hydrogens (tertiary/aromatic N) is 8. The predicted molar refractivity (Wildman–Crippen MR) is 250 cm³/mol. The quantitative estimate of drug-likeness (QED) is 0.118. The average Bonchev–Trinajstić information content (AvgIpc) is 3.75. The molecule has 4 aliphatic rings. The van der Waals surface area contributed by atoms with Gasteiger partial charge in [-0.2, -0.15) is 18.4 Å². The summed E-state index contributed by atoms with van der Waals surface area (Å²) in [6.07, 6.45) is 0.544. The molecule has 4 saturated heterocycles. The Labute approximate surface area is 391 Å². The van der Waals surface area contributed by atoms with E-state index in [0.29, 0.717) is 40.2 Å². The van der Waals surface area contributed by atoms with Crippen LogP contribution in [0, 0.1) is 17.2 Å². The lowest BCUT2D eigenvalue weighted by Gasteiger charge is -2.40. The first-order valence-corrected chi connectivity index (χ1v) is 22.8. The molecule has 0 atom stereocenters. The smallest absolute Gasteiger partial charge is 0.417 e. The summed E-state index contributed by atoms with van der Waals surface area (Å²) in [7, 11) is 1.81. The summed E-state index contributed by atoms with van der Waals surface area (Å²) in [6.45, 7) is 12.0. The Morgan fingerprint density at radius 3 is 2.24 bits per heavy atom. The van der Waals surface area contributed by atoms with Crippen LogP contribution in [0.15, 0.2) is 60.8 Å². The summed E-state index contributed by atoms with van der Waals surface area (Å²) in [4.78, 5) is 75.3. The van der Waals surface area contributed by atoms with Crippen LogP contribution < -0.4 is 29.7 Å². The Morgan fingerprint density at radius 2 is 1.63 bits per heavy atom. The molecule has 4 fully saturated rings. The number of rotatable bonds is 11. The van der Waals surface area contributed by atoms with Crippen molar-refractivity contribution in [1.82, 2.24) is 19.7 Å². The van der Waals surface area contributed by atoms with E-state index in [2.05, 4.69) is 15.1 Å². The number of amides is 5. The zero-order valence-corrected chi connectivity index (χ0v) is 38.7. The van der Waals surface area contributed by atoms with Crippen LogP contribution in [-0.4, -0.2) is 108 Å². The Balaban J connectivity index is 0.873. The highest BCUT2D eigenvalue weighted by molar-refractivity contribution is 7.81. The Kier molecular flexibility index (Phi) is 12.8. The van der Waals surface area contributed by atoms with E-state index >= 15 is 0 Å². The fourth-order valence-corrected chi connectivity index (χ4v) is 10.4. The van der Waals surface area contributed by atoms with Crippen LogP contribution in [0.2, 0.25) is 0 Å². The summed E-state index contributed by atoms with van der Waals surface area (Å²) in [6, 6.07) is 15.2. The first kappa shape index (κ1) is 47.0. The SMILES string of the molecule is CC(C)n1cc(OC=O)c2c(N3CCC(=O)NC3=O)cc(C(=O)N(C)C3CCN(CC4CCN(c5ccc(N6C(=S)N(c7ccc(C#N)c(C(F)(F)F)c7)C(=O)C6(C)C)cc5)CC4)CC3)cc21. The molecular weight excluding hydrogens is 888 g/mol. The van der Waals surface area contributed by atoms with Gasteiger partial charge >= 0.3 is 12.2 Å². The summed E-state index contributed by atoms with van der Waals surface area (Å²) >= 11 is 5.72. The average molecular weight is 940 g/mol. The maximum atomic E-state index is 14.3. The molecular formula is C48H52F3N9O6S. The van der Waals surface area contributed by atoms with E-state index in [1.165, 1.54) is 11.0 Å². The van der Waals surface area contributed by atoms with Gasteiger partial charge in [0.15, 0.2) is 10.9 Å². The minimum Gasteiger partial charge on any atom is -0.426 e. The minimum atomic E-state index is -4.79. The van der Waals surface area contributed by atoms with Crippen molar-refractivity contribution in [2.75, 3.05) is 65.9 Å². The number of nitrogens with one attached hydrogen (secondary N) is 1. The number of thiocarbonyl (C=S) groups is 1. The minimum absolute atomic E-state index is 0.00522. The number of hydrogen-bond donors (Lipinski definition) is 1. The van der Waals surface area contributed by atoms with Gasteiger partial charge in [-0.15, -0.1) is 0 Å². The van der Waals surface area contributed by atoms with Crippen LogP contribution in [0.4, 0.5) is 40.7 Å². The third-order valence-corrected chi connectivity index (χ3v) is 14.0. The molecule has 1 aromatic heterocycles. The van der Waals surface area contributed by atoms with Crippen molar-refractivity contribution in [3.8, 4) is 11.8 Å². The molecule has 0 saturated carbocycles. The van der Waals surface area contributed by atoms with Gasteiger partial charge in [0, 0.05) is 88.0 Å². The van der Waals surface area contributed by atoms with E-state index in [1.54, 1.807) is 48.0 Å². The number of likely N-dealkylation sites (tertiary alicyclic amines) is 1. The molecule has 352 valence electrons. The zero-order valence-electron chi connectivity index (χ0n) is 37.9. The lowest BCUT2D eigenvalue weighted by atomic mass is 9.94. The van der Waals surface area contributed by atoms with E-state index in [1.807, 2.05) is 49.7 Å². The predicted octanol–water partition coefficient (Wildman–Crippen LogP) is 7.46. The lowest BCUT2D eigenvalue weighted by Crippen LogP contribution is -2.49. The molecule has 67 heavy (non-hydrogen) atoms. The molecule has 0 bridgehead atoms. The number of aromatic nitrogens is 1. The largest absolute Gasteiger partial charge is 0.426 e. The fraction of sp³-hybridized carbons (Fsp3) is 0.438. The molecule has 8 rings (SSSR count). The maximum absolute atomic E-state index is 14.3. The van der Waals surface area contributed by atoms with Gasteiger partial charge in [-0.3, -0.25) is 34.3 Å². The van der Waals surface area contributed by atoms with Gasteiger partial charge in [0.25, 0.3) is 18.3 Å². The van der Waals surface area contributed by atoms with Crippen molar-refractivity contribution in [3.05, 3.63) is 77.5 Å². The summed E-state index contributed by atoms with van der Waals surface area (Å²) < 4.78 is 48.7. The summed E-state index contributed by atoms with van der Waals surface area (Å²) in [5.41, 5.74) is 0.0999. The van der Waals surface area contributed by atoms with Crippen LogP contribution in [0.25, 0.3) is 10.9 Å². The van der Waals surface area contributed by atoms with Crippen LogP contribution >= 0.6 is 12.2 Å².